The van der Waals surface area contributed by atoms with Crippen LogP contribution in [-0.4, -0.2) is 37.2 Å². The number of esters is 3. The van der Waals surface area contributed by atoms with Crippen molar-refractivity contribution in [3.8, 4) is 0 Å². The molecule has 0 amide bonds. The highest BCUT2D eigenvalue weighted by Crippen LogP contribution is 2.09. The lowest BCUT2D eigenvalue weighted by atomic mass is 10.1. The van der Waals surface area contributed by atoms with E-state index in [0.717, 1.165) is 70.6 Å². The lowest BCUT2D eigenvalue weighted by Gasteiger charge is -2.18. The van der Waals surface area contributed by atoms with Crippen molar-refractivity contribution in [1.29, 1.82) is 0 Å². The first-order valence-electron chi connectivity index (χ1n) is 22.2. The molecule has 0 aromatic carbocycles. The molecule has 0 bridgehead atoms. The highest BCUT2D eigenvalue weighted by Gasteiger charge is 2.19. The van der Waals surface area contributed by atoms with Crippen molar-refractivity contribution in [2.45, 2.75) is 187 Å². The van der Waals surface area contributed by atoms with E-state index in [4.69, 9.17) is 14.2 Å². The highest BCUT2D eigenvalue weighted by atomic mass is 16.6. The maximum Gasteiger partial charge on any atom is 0.306 e. The highest BCUT2D eigenvalue weighted by molar-refractivity contribution is 5.71. The van der Waals surface area contributed by atoms with Gasteiger partial charge in [-0.3, -0.25) is 14.4 Å². The third-order valence-corrected chi connectivity index (χ3v) is 8.79. The van der Waals surface area contributed by atoms with Gasteiger partial charge in [-0.05, 0) is 109 Å². The van der Waals surface area contributed by atoms with E-state index < -0.39 is 6.10 Å². The van der Waals surface area contributed by atoms with Gasteiger partial charge in [-0.2, -0.15) is 0 Å². The lowest BCUT2D eigenvalue weighted by molar-refractivity contribution is -0.167. The monoisotopic (exact) mass is 777 g/mol. The number of allylic oxidation sites excluding steroid dienone is 16. The summed E-state index contributed by atoms with van der Waals surface area (Å²) in [7, 11) is 0. The molecule has 0 fully saturated rings. The van der Waals surface area contributed by atoms with E-state index in [9.17, 15) is 14.4 Å². The quantitative estimate of drug-likeness (QED) is 0.0269. The van der Waals surface area contributed by atoms with E-state index in [1.54, 1.807) is 0 Å². The molecule has 316 valence electrons. The SMILES string of the molecule is CC/C=C\C/C=C\C/C=C\CCCCC(=O)OC(COC(=O)CCC/C=C\C/C=C\C/C=C\C/C=C\CCCCC)COC(=O)CCC/C=C\CCCCCC. The van der Waals surface area contributed by atoms with Gasteiger partial charge in [-0.25, -0.2) is 0 Å². The molecule has 6 nitrogen and oxygen atoms in total. The summed E-state index contributed by atoms with van der Waals surface area (Å²) in [5.41, 5.74) is 0. The smallest absolute Gasteiger partial charge is 0.306 e. The van der Waals surface area contributed by atoms with Crippen LogP contribution in [0, 0.1) is 0 Å². The Kier molecular flexibility index (Phi) is 41.2. The van der Waals surface area contributed by atoms with Crippen molar-refractivity contribution in [1.82, 2.24) is 0 Å². The van der Waals surface area contributed by atoms with Crippen LogP contribution in [0.5, 0.6) is 0 Å². The zero-order chi connectivity index (χ0) is 40.8. The topological polar surface area (TPSA) is 78.9 Å². The van der Waals surface area contributed by atoms with E-state index in [2.05, 4.69) is 118 Å². The number of hydrogen-bond donors (Lipinski definition) is 0. The Morgan fingerprint density at radius 1 is 0.375 bits per heavy atom. The van der Waals surface area contributed by atoms with Crippen molar-refractivity contribution in [3.63, 3.8) is 0 Å². The third-order valence-electron chi connectivity index (χ3n) is 8.79. The first-order chi connectivity index (χ1) is 27.5. The number of rotatable bonds is 38. The summed E-state index contributed by atoms with van der Waals surface area (Å²) in [6.45, 7) is 6.31. The zero-order valence-electron chi connectivity index (χ0n) is 35.9. The molecule has 6 heteroatoms. The minimum Gasteiger partial charge on any atom is -0.462 e. The van der Waals surface area contributed by atoms with E-state index >= 15 is 0 Å². The van der Waals surface area contributed by atoms with Gasteiger partial charge in [0.1, 0.15) is 13.2 Å². The van der Waals surface area contributed by atoms with E-state index in [-0.39, 0.29) is 50.4 Å². The molecule has 0 aromatic rings. The van der Waals surface area contributed by atoms with Gasteiger partial charge >= 0.3 is 17.9 Å². The predicted molar refractivity (Wildman–Crippen MR) is 237 cm³/mol. The first kappa shape index (κ1) is 52.3. The first-order valence-corrected chi connectivity index (χ1v) is 22.2. The molecule has 0 rings (SSSR count). The number of unbranched alkanes of at least 4 members (excludes halogenated alkanes) is 11. The summed E-state index contributed by atoms with van der Waals surface area (Å²) in [4.78, 5) is 37.6. The van der Waals surface area contributed by atoms with Crippen LogP contribution in [-0.2, 0) is 28.6 Å². The summed E-state index contributed by atoms with van der Waals surface area (Å²) >= 11 is 0. The van der Waals surface area contributed by atoms with Crippen molar-refractivity contribution in [2.24, 2.45) is 0 Å². The second-order valence-corrected chi connectivity index (χ2v) is 14.2. The van der Waals surface area contributed by atoms with E-state index in [0.29, 0.717) is 19.3 Å². The van der Waals surface area contributed by atoms with Gasteiger partial charge in [0.25, 0.3) is 0 Å². The molecular weight excluding hydrogens is 697 g/mol. The van der Waals surface area contributed by atoms with Gasteiger partial charge in [-0.15, -0.1) is 0 Å². The molecule has 0 aromatic heterocycles. The molecule has 0 aliphatic rings. The minimum absolute atomic E-state index is 0.127. The van der Waals surface area contributed by atoms with Gasteiger partial charge in [0.2, 0.25) is 0 Å². The summed E-state index contributed by atoms with van der Waals surface area (Å²) < 4.78 is 16.5. The van der Waals surface area contributed by atoms with Crippen LogP contribution >= 0.6 is 0 Å². The molecule has 0 saturated heterocycles. The van der Waals surface area contributed by atoms with Gasteiger partial charge in [0, 0.05) is 19.3 Å². The van der Waals surface area contributed by atoms with Crippen LogP contribution in [0.4, 0.5) is 0 Å². The fourth-order valence-corrected chi connectivity index (χ4v) is 5.45. The standard InChI is InChI=1S/C50H80O6/c1-4-7-10-13-16-19-21-23-24-25-26-27-29-31-34-37-40-43-49(52)55-46-47(45-54-48(51)42-39-36-33-30-18-15-12-9-6-3)56-50(53)44-41-38-35-32-28-22-20-17-14-11-8-5-2/h8,11,16-17,19-20,23-24,26-28,30-34,47H,4-7,9-10,12-15,18,21-22,25,29,35-46H2,1-3H3/b11-8-,19-16-,20-17-,24-23-,27-26-,32-28-,33-30-,34-31-. The maximum atomic E-state index is 12.7. The van der Waals surface area contributed by atoms with Crippen LogP contribution in [0.15, 0.2) is 97.2 Å². The Hall–Kier alpha value is -3.67. The Bertz CT molecular complexity index is 1170. The Morgan fingerprint density at radius 3 is 1.16 bits per heavy atom. The summed E-state index contributed by atoms with van der Waals surface area (Å²) in [5, 5.41) is 0. The van der Waals surface area contributed by atoms with Gasteiger partial charge in [0.05, 0.1) is 0 Å². The summed E-state index contributed by atoms with van der Waals surface area (Å²) in [6.07, 6.45) is 57.0. The molecule has 1 unspecified atom stereocenters. The molecule has 56 heavy (non-hydrogen) atoms. The second kappa shape index (κ2) is 44.0. The fraction of sp³-hybridized carbons (Fsp3) is 0.620. The molecule has 0 aliphatic carbocycles. The number of carbonyl (C=O) groups is 3. The Balaban J connectivity index is 4.54. The average Bonchev–Trinajstić information content (AvgIpc) is 3.19. The van der Waals surface area contributed by atoms with Gasteiger partial charge in [0.15, 0.2) is 6.10 Å². The molecule has 1 atom stereocenters. The van der Waals surface area contributed by atoms with Crippen molar-refractivity contribution < 1.29 is 28.6 Å². The molecule has 0 radical (unpaired) electrons. The number of hydrogen-bond acceptors (Lipinski definition) is 6. The summed E-state index contributed by atoms with van der Waals surface area (Å²) in [6, 6.07) is 0. The molecule has 0 aliphatic heterocycles. The van der Waals surface area contributed by atoms with Crippen LogP contribution in [0.3, 0.4) is 0 Å². The lowest BCUT2D eigenvalue weighted by Crippen LogP contribution is -2.30. The molecular formula is C50H80O6. The number of ether oxygens (including phenoxy) is 3. The maximum absolute atomic E-state index is 12.7. The zero-order valence-corrected chi connectivity index (χ0v) is 35.9. The van der Waals surface area contributed by atoms with Crippen LogP contribution in [0.25, 0.3) is 0 Å². The average molecular weight is 777 g/mol. The summed E-state index contributed by atoms with van der Waals surface area (Å²) in [5.74, 6) is -1.07. The second-order valence-electron chi connectivity index (χ2n) is 14.2. The fourth-order valence-electron chi connectivity index (χ4n) is 5.45. The molecule has 0 saturated carbocycles. The molecule has 0 spiro atoms. The Morgan fingerprint density at radius 2 is 0.714 bits per heavy atom. The van der Waals surface area contributed by atoms with Crippen molar-refractivity contribution >= 4 is 17.9 Å². The Labute approximate surface area is 343 Å². The molecule has 0 N–H and O–H groups in total. The largest absolute Gasteiger partial charge is 0.462 e. The number of carbonyl (C=O) groups excluding carboxylic acids is 3. The van der Waals surface area contributed by atoms with E-state index in [1.165, 1.54) is 51.4 Å². The minimum atomic E-state index is -0.828. The predicted octanol–water partition coefficient (Wildman–Crippen LogP) is 14.2. The molecule has 0 heterocycles. The van der Waals surface area contributed by atoms with Gasteiger partial charge in [-0.1, -0.05) is 150 Å². The van der Waals surface area contributed by atoms with Gasteiger partial charge < -0.3 is 14.2 Å². The van der Waals surface area contributed by atoms with Crippen molar-refractivity contribution in [2.75, 3.05) is 13.2 Å². The van der Waals surface area contributed by atoms with Crippen molar-refractivity contribution in [3.05, 3.63) is 97.2 Å². The van der Waals surface area contributed by atoms with Crippen LogP contribution in [0.1, 0.15) is 181 Å². The van der Waals surface area contributed by atoms with E-state index in [1.807, 2.05) is 0 Å². The normalized spacial score (nSPS) is 13.0. The third kappa shape index (κ3) is 41.5. The van der Waals surface area contributed by atoms with Crippen LogP contribution < -0.4 is 0 Å². The van der Waals surface area contributed by atoms with Crippen LogP contribution in [0.2, 0.25) is 0 Å².